The van der Waals surface area contributed by atoms with Crippen molar-refractivity contribution in [2.24, 2.45) is 5.92 Å². The van der Waals surface area contributed by atoms with Gasteiger partial charge in [-0.05, 0) is 12.8 Å². The van der Waals surface area contributed by atoms with E-state index in [2.05, 4.69) is 5.32 Å². The zero-order valence-corrected chi connectivity index (χ0v) is 6.62. The van der Waals surface area contributed by atoms with E-state index in [0.717, 1.165) is 17.9 Å². The molecule has 1 amide bonds. The Morgan fingerprint density at radius 2 is 2.30 bits per heavy atom. The predicted molar refractivity (Wildman–Crippen MR) is 42.0 cm³/mol. The first-order chi connectivity index (χ1) is 4.86. The lowest BCUT2D eigenvalue weighted by atomic mass is 9.97. The summed E-state index contributed by atoms with van der Waals surface area (Å²) in [6, 6.07) is 0.483. The van der Waals surface area contributed by atoms with Crippen molar-refractivity contribution in [3.63, 3.8) is 0 Å². The van der Waals surface area contributed by atoms with Gasteiger partial charge in [-0.25, -0.2) is 0 Å². The number of piperidine rings is 1. The zero-order valence-electron chi connectivity index (χ0n) is 5.80. The first-order valence-corrected chi connectivity index (χ1v) is 4.90. The Morgan fingerprint density at radius 3 is 3.10 bits per heavy atom. The quantitative estimate of drug-likeness (QED) is 0.558. The third kappa shape index (κ3) is 1.03. The van der Waals surface area contributed by atoms with Gasteiger partial charge >= 0.3 is 0 Å². The van der Waals surface area contributed by atoms with E-state index in [0.29, 0.717) is 17.9 Å². The van der Waals surface area contributed by atoms with Crippen LogP contribution >= 0.6 is 11.8 Å². The highest BCUT2D eigenvalue weighted by Gasteiger charge is 2.30. The summed E-state index contributed by atoms with van der Waals surface area (Å²) in [7, 11) is 0. The maximum atomic E-state index is 11.2. The van der Waals surface area contributed by atoms with Crippen LogP contribution in [0.25, 0.3) is 0 Å². The molecule has 0 aromatic heterocycles. The number of amides is 1. The molecule has 0 saturated carbocycles. The fourth-order valence-electron chi connectivity index (χ4n) is 1.56. The topological polar surface area (TPSA) is 29.1 Å². The molecule has 3 heteroatoms. The van der Waals surface area contributed by atoms with Crippen LogP contribution in [-0.4, -0.2) is 23.5 Å². The lowest BCUT2D eigenvalue weighted by molar-refractivity contribution is -0.126. The molecule has 2 bridgehead atoms. The third-order valence-electron chi connectivity index (χ3n) is 2.22. The van der Waals surface area contributed by atoms with Crippen LogP contribution in [-0.2, 0) is 4.79 Å². The maximum absolute atomic E-state index is 11.2. The molecule has 0 spiro atoms. The van der Waals surface area contributed by atoms with Crippen LogP contribution in [0.5, 0.6) is 0 Å². The largest absolute Gasteiger partial charge is 0.352 e. The minimum absolute atomic E-state index is 0.293. The SMILES string of the molecule is O=C1NC2CCC1CSC2. The van der Waals surface area contributed by atoms with E-state index in [1.165, 1.54) is 6.42 Å². The molecule has 2 atom stereocenters. The molecule has 3 rings (SSSR count). The molecular weight excluding hydrogens is 146 g/mol. The Kier molecular flexibility index (Phi) is 1.60. The standard InChI is InChI=1S/C7H11NOS/c9-7-5-1-2-6(8-7)4-10-3-5/h5-6H,1-4H2,(H,8,9). The maximum Gasteiger partial charge on any atom is 0.224 e. The van der Waals surface area contributed by atoms with Crippen LogP contribution < -0.4 is 5.32 Å². The second-order valence-corrected chi connectivity index (χ2v) is 4.09. The molecule has 1 N–H and O–H groups in total. The van der Waals surface area contributed by atoms with Crippen molar-refractivity contribution >= 4 is 17.7 Å². The Labute approximate surface area is 64.8 Å². The highest BCUT2D eigenvalue weighted by Crippen LogP contribution is 2.26. The Morgan fingerprint density at radius 1 is 1.40 bits per heavy atom. The molecule has 0 aromatic rings. The average Bonchev–Trinajstić information content (AvgIpc) is 2.20. The molecule has 0 aliphatic carbocycles. The van der Waals surface area contributed by atoms with E-state index in [1.807, 2.05) is 11.8 Å². The molecule has 2 unspecified atom stereocenters. The fourth-order valence-corrected chi connectivity index (χ4v) is 2.83. The van der Waals surface area contributed by atoms with E-state index in [1.54, 1.807) is 0 Å². The van der Waals surface area contributed by atoms with Crippen LogP contribution in [0.1, 0.15) is 12.8 Å². The number of rotatable bonds is 0. The van der Waals surface area contributed by atoms with Gasteiger partial charge in [0.05, 0.1) is 0 Å². The van der Waals surface area contributed by atoms with Crippen LogP contribution in [0.3, 0.4) is 0 Å². The highest BCUT2D eigenvalue weighted by molar-refractivity contribution is 7.99. The monoisotopic (exact) mass is 157 g/mol. The zero-order chi connectivity index (χ0) is 6.97. The number of carbonyl (C=O) groups excluding carboxylic acids is 1. The first kappa shape index (κ1) is 6.53. The summed E-state index contributed by atoms with van der Waals surface area (Å²) >= 11 is 1.91. The summed E-state index contributed by atoms with van der Waals surface area (Å²) < 4.78 is 0. The average molecular weight is 157 g/mol. The summed E-state index contributed by atoms with van der Waals surface area (Å²) in [5, 5.41) is 3.02. The molecule has 3 saturated heterocycles. The number of nitrogens with one attached hydrogen (secondary N) is 1. The Hall–Kier alpha value is -0.180. The number of hydrogen-bond acceptors (Lipinski definition) is 2. The van der Waals surface area contributed by atoms with Gasteiger partial charge in [-0.2, -0.15) is 11.8 Å². The van der Waals surface area contributed by atoms with Gasteiger partial charge in [-0.15, -0.1) is 0 Å². The molecule has 3 aliphatic heterocycles. The number of thioether (sulfide) groups is 1. The second kappa shape index (κ2) is 2.46. The van der Waals surface area contributed by atoms with Crippen molar-refractivity contribution in [1.29, 1.82) is 0 Å². The van der Waals surface area contributed by atoms with Gasteiger partial charge in [-0.1, -0.05) is 0 Å². The third-order valence-corrected chi connectivity index (χ3v) is 3.49. The fraction of sp³-hybridized carbons (Fsp3) is 0.857. The van der Waals surface area contributed by atoms with Crippen molar-refractivity contribution in [2.45, 2.75) is 18.9 Å². The van der Waals surface area contributed by atoms with Gasteiger partial charge in [0.1, 0.15) is 0 Å². The lowest BCUT2D eigenvalue weighted by Gasteiger charge is -2.22. The first-order valence-electron chi connectivity index (χ1n) is 3.74. The van der Waals surface area contributed by atoms with Gasteiger partial charge < -0.3 is 5.32 Å². The summed E-state index contributed by atoms with van der Waals surface area (Å²) in [5.41, 5.74) is 0. The minimum Gasteiger partial charge on any atom is -0.352 e. The number of hydrogen-bond donors (Lipinski definition) is 1. The molecular formula is C7H11NOS. The summed E-state index contributed by atoms with van der Waals surface area (Å²) in [4.78, 5) is 11.2. The van der Waals surface area contributed by atoms with Gasteiger partial charge in [0, 0.05) is 23.5 Å². The van der Waals surface area contributed by atoms with Crippen molar-refractivity contribution < 1.29 is 4.79 Å². The van der Waals surface area contributed by atoms with Gasteiger partial charge in [0.25, 0.3) is 0 Å². The normalized spacial score (nSPS) is 39.0. The molecule has 2 nitrogen and oxygen atoms in total. The molecule has 56 valence electrons. The van der Waals surface area contributed by atoms with E-state index in [9.17, 15) is 4.79 Å². The molecule has 3 fully saturated rings. The predicted octanol–water partition coefficient (Wildman–Crippen LogP) is 0.628. The van der Waals surface area contributed by atoms with Crippen molar-refractivity contribution in [3.8, 4) is 0 Å². The van der Waals surface area contributed by atoms with Crippen molar-refractivity contribution in [2.75, 3.05) is 11.5 Å². The molecule has 3 heterocycles. The van der Waals surface area contributed by atoms with E-state index in [-0.39, 0.29) is 0 Å². The van der Waals surface area contributed by atoms with E-state index in [4.69, 9.17) is 0 Å². The molecule has 10 heavy (non-hydrogen) atoms. The minimum atomic E-state index is 0.293. The van der Waals surface area contributed by atoms with E-state index < -0.39 is 0 Å². The number of carbonyl (C=O) groups is 1. The van der Waals surface area contributed by atoms with Gasteiger partial charge in [0.15, 0.2) is 0 Å². The second-order valence-electron chi connectivity index (χ2n) is 3.02. The van der Waals surface area contributed by atoms with E-state index >= 15 is 0 Å². The Balaban J connectivity index is 2.15. The van der Waals surface area contributed by atoms with Gasteiger partial charge in [0.2, 0.25) is 5.91 Å². The molecule has 0 aromatic carbocycles. The summed E-state index contributed by atoms with van der Waals surface area (Å²) in [6.45, 7) is 0. The molecule has 3 aliphatic rings. The van der Waals surface area contributed by atoms with Crippen LogP contribution in [0.2, 0.25) is 0 Å². The van der Waals surface area contributed by atoms with Crippen molar-refractivity contribution in [3.05, 3.63) is 0 Å². The highest BCUT2D eigenvalue weighted by atomic mass is 32.2. The summed E-state index contributed by atoms with van der Waals surface area (Å²) in [5.74, 6) is 2.79. The van der Waals surface area contributed by atoms with Gasteiger partial charge in [-0.3, -0.25) is 4.79 Å². The Bertz CT molecular complexity index is 156. The van der Waals surface area contributed by atoms with Crippen LogP contribution in [0.15, 0.2) is 0 Å². The lowest BCUT2D eigenvalue weighted by Crippen LogP contribution is -2.43. The van der Waals surface area contributed by atoms with Crippen molar-refractivity contribution in [1.82, 2.24) is 5.32 Å². The summed E-state index contributed by atoms with van der Waals surface area (Å²) in [6.07, 6.45) is 2.31. The van der Waals surface area contributed by atoms with Crippen LogP contribution in [0, 0.1) is 5.92 Å². The smallest absolute Gasteiger partial charge is 0.224 e. The number of fused-ring (bicyclic) bond motifs is 4. The van der Waals surface area contributed by atoms with Crippen LogP contribution in [0.4, 0.5) is 0 Å². The molecule has 0 radical (unpaired) electrons.